The molecule has 2 aromatic heterocycles. The highest BCUT2D eigenvalue weighted by atomic mass is 32.1. The molecule has 5 nitrogen and oxygen atoms in total. The molecule has 0 unspecified atom stereocenters. The van der Waals surface area contributed by atoms with Crippen LogP contribution in [0, 0.1) is 5.82 Å². The zero-order valence-electron chi connectivity index (χ0n) is 12.2. The van der Waals surface area contributed by atoms with E-state index in [-0.39, 0.29) is 11.4 Å². The largest absolute Gasteiger partial charge is 0.280 e. The Balaban J connectivity index is 1.72. The number of hydrogen-bond donors (Lipinski definition) is 1. The van der Waals surface area contributed by atoms with Crippen molar-refractivity contribution in [1.29, 1.82) is 0 Å². The van der Waals surface area contributed by atoms with Crippen molar-refractivity contribution in [3.63, 3.8) is 0 Å². The summed E-state index contributed by atoms with van der Waals surface area (Å²) in [6.45, 7) is 0. The monoisotopic (exact) mass is 339 g/mol. The van der Waals surface area contributed by atoms with Gasteiger partial charge in [-0.1, -0.05) is 18.2 Å². The summed E-state index contributed by atoms with van der Waals surface area (Å²) in [6, 6.07) is 13.0. The molecule has 0 aliphatic carbocycles. The number of benzene rings is 2. The Kier molecular flexibility index (Phi) is 3.35. The van der Waals surface area contributed by atoms with E-state index < -0.39 is 5.91 Å². The summed E-state index contributed by atoms with van der Waals surface area (Å²) in [5, 5.41) is 0.791. The summed E-state index contributed by atoms with van der Waals surface area (Å²) in [5.41, 5.74) is 2.67. The first kappa shape index (κ1) is 14.5. The van der Waals surface area contributed by atoms with Gasteiger partial charge >= 0.3 is 0 Å². The summed E-state index contributed by atoms with van der Waals surface area (Å²) in [4.78, 5) is 29.2. The first-order valence-electron chi connectivity index (χ1n) is 7.09. The first-order chi connectivity index (χ1) is 11.6. The Morgan fingerprint density at radius 1 is 1.12 bits per heavy atom. The standard InChI is InChI=1S/C17H10FN3O2S/c18-12-5-3-7-14-11(12)8-15(24-14)16(22)20-21-9-19-13-6-2-1-4-10(13)17(21)23/h1-9H,(H,20,22). The highest BCUT2D eigenvalue weighted by Gasteiger charge is 2.14. The molecule has 0 aliphatic heterocycles. The lowest BCUT2D eigenvalue weighted by molar-refractivity contribution is 0.101. The van der Waals surface area contributed by atoms with Gasteiger partial charge in [-0.3, -0.25) is 15.0 Å². The average molecular weight is 339 g/mol. The molecular formula is C17H10FN3O2S. The molecule has 4 aromatic rings. The van der Waals surface area contributed by atoms with Gasteiger partial charge in [0.05, 0.1) is 15.8 Å². The second-order valence-electron chi connectivity index (χ2n) is 5.14. The van der Waals surface area contributed by atoms with E-state index in [2.05, 4.69) is 10.4 Å². The molecule has 4 rings (SSSR count). The molecule has 0 spiro atoms. The quantitative estimate of drug-likeness (QED) is 0.610. The van der Waals surface area contributed by atoms with Gasteiger partial charge in [0.1, 0.15) is 12.1 Å². The maximum atomic E-state index is 13.7. The zero-order chi connectivity index (χ0) is 16.7. The number of hydrogen-bond acceptors (Lipinski definition) is 4. The lowest BCUT2D eigenvalue weighted by atomic mass is 10.2. The highest BCUT2D eigenvalue weighted by molar-refractivity contribution is 7.20. The van der Waals surface area contributed by atoms with E-state index in [9.17, 15) is 14.0 Å². The molecule has 7 heteroatoms. The van der Waals surface area contributed by atoms with Crippen molar-refractivity contribution in [2.24, 2.45) is 0 Å². The molecule has 0 aliphatic rings. The topological polar surface area (TPSA) is 64.0 Å². The number of carbonyl (C=O) groups is 1. The van der Waals surface area contributed by atoms with Crippen molar-refractivity contribution in [3.05, 3.63) is 75.9 Å². The van der Waals surface area contributed by atoms with Crippen LogP contribution in [0.25, 0.3) is 21.0 Å². The van der Waals surface area contributed by atoms with Crippen LogP contribution in [0.1, 0.15) is 9.67 Å². The van der Waals surface area contributed by atoms with Gasteiger partial charge in [-0.15, -0.1) is 11.3 Å². The minimum Gasteiger partial charge on any atom is -0.267 e. The maximum Gasteiger partial charge on any atom is 0.280 e. The van der Waals surface area contributed by atoms with Crippen molar-refractivity contribution < 1.29 is 9.18 Å². The molecule has 0 saturated heterocycles. The van der Waals surface area contributed by atoms with Crippen LogP contribution in [0.4, 0.5) is 4.39 Å². The van der Waals surface area contributed by atoms with Crippen LogP contribution < -0.4 is 11.0 Å². The SMILES string of the molecule is O=C(Nn1cnc2ccccc2c1=O)c1cc2c(F)cccc2s1. The molecule has 2 aromatic carbocycles. The molecule has 0 saturated carbocycles. The lowest BCUT2D eigenvalue weighted by Gasteiger charge is -2.07. The van der Waals surface area contributed by atoms with Crippen LogP contribution >= 0.6 is 11.3 Å². The Morgan fingerprint density at radius 2 is 1.96 bits per heavy atom. The minimum absolute atomic E-state index is 0.315. The smallest absolute Gasteiger partial charge is 0.267 e. The van der Waals surface area contributed by atoms with Gasteiger partial charge in [0, 0.05) is 10.1 Å². The van der Waals surface area contributed by atoms with Gasteiger partial charge in [-0.2, -0.15) is 0 Å². The molecule has 1 N–H and O–H groups in total. The van der Waals surface area contributed by atoms with E-state index in [4.69, 9.17) is 0 Å². The fourth-order valence-corrected chi connectivity index (χ4v) is 3.42. The summed E-state index contributed by atoms with van der Waals surface area (Å²) >= 11 is 1.16. The highest BCUT2D eigenvalue weighted by Crippen LogP contribution is 2.27. The number of para-hydroxylation sites is 1. The van der Waals surface area contributed by atoms with E-state index in [1.807, 2.05) is 0 Å². The molecular weight excluding hydrogens is 329 g/mol. The van der Waals surface area contributed by atoms with Gasteiger partial charge in [-0.25, -0.2) is 14.1 Å². The number of halogens is 1. The third-order valence-electron chi connectivity index (χ3n) is 3.62. The lowest BCUT2D eigenvalue weighted by Crippen LogP contribution is -2.32. The van der Waals surface area contributed by atoms with E-state index in [1.54, 1.807) is 36.4 Å². The summed E-state index contributed by atoms with van der Waals surface area (Å²) in [6.07, 6.45) is 1.26. The molecule has 0 radical (unpaired) electrons. The summed E-state index contributed by atoms with van der Waals surface area (Å²) in [5.74, 6) is -0.873. The minimum atomic E-state index is -0.491. The molecule has 0 bridgehead atoms. The fraction of sp³-hybridized carbons (Fsp3) is 0. The summed E-state index contributed by atoms with van der Waals surface area (Å²) in [7, 11) is 0. The molecule has 24 heavy (non-hydrogen) atoms. The normalized spacial score (nSPS) is 11.0. The third-order valence-corrected chi connectivity index (χ3v) is 4.72. The fourth-order valence-electron chi connectivity index (χ4n) is 2.45. The van der Waals surface area contributed by atoms with Crippen molar-refractivity contribution in [2.75, 3.05) is 5.43 Å². The number of rotatable bonds is 2. The predicted octanol–water partition coefficient (Wildman–Crippen LogP) is 3.13. The molecule has 118 valence electrons. The zero-order valence-corrected chi connectivity index (χ0v) is 13.0. The van der Waals surface area contributed by atoms with Crippen LogP contribution in [0.3, 0.4) is 0 Å². The van der Waals surface area contributed by atoms with Gasteiger partial charge in [0.15, 0.2) is 0 Å². The first-order valence-corrected chi connectivity index (χ1v) is 7.91. The number of nitrogens with one attached hydrogen (secondary N) is 1. The number of carbonyl (C=O) groups excluding carboxylic acids is 1. The molecule has 2 heterocycles. The van der Waals surface area contributed by atoms with E-state index in [0.717, 1.165) is 16.0 Å². The molecule has 0 fully saturated rings. The second kappa shape index (κ2) is 5.54. The molecule has 0 atom stereocenters. The van der Waals surface area contributed by atoms with Crippen molar-refractivity contribution in [3.8, 4) is 0 Å². The number of aromatic nitrogens is 2. The summed E-state index contributed by atoms with van der Waals surface area (Å²) < 4.78 is 15.4. The number of nitrogens with zero attached hydrogens (tertiary/aromatic N) is 2. The Bertz CT molecular complexity index is 1150. The van der Waals surface area contributed by atoms with Gasteiger partial charge in [0.2, 0.25) is 0 Å². The van der Waals surface area contributed by atoms with Crippen molar-refractivity contribution in [1.82, 2.24) is 9.66 Å². The van der Waals surface area contributed by atoms with Gasteiger partial charge in [-0.05, 0) is 30.3 Å². The van der Waals surface area contributed by atoms with Crippen LogP contribution in [0.2, 0.25) is 0 Å². The average Bonchev–Trinajstić information content (AvgIpc) is 3.03. The van der Waals surface area contributed by atoms with Crippen LogP contribution in [0.15, 0.2) is 59.7 Å². The van der Waals surface area contributed by atoms with Crippen LogP contribution in [0.5, 0.6) is 0 Å². The van der Waals surface area contributed by atoms with E-state index in [1.165, 1.54) is 18.5 Å². The number of amides is 1. The van der Waals surface area contributed by atoms with Crippen LogP contribution in [-0.2, 0) is 0 Å². The second-order valence-corrected chi connectivity index (χ2v) is 6.22. The predicted molar refractivity (Wildman–Crippen MR) is 91.5 cm³/mol. The van der Waals surface area contributed by atoms with Crippen LogP contribution in [-0.4, -0.2) is 15.6 Å². The third kappa shape index (κ3) is 2.35. The number of fused-ring (bicyclic) bond motifs is 2. The van der Waals surface area contributed by atoms with Gasteiger partial charge in [0.25, 0.3) is 11.5 Å². The maximum absolute atomic E-state index is 13.7. The Labute approximate surface area is 139 Å². The van der Waals surface area contributed by atoms with Crippen molar-refractivity contribution in [2.45, 2.75) is 0 Å². The number of thiophene rings is 1. The molecule has 1 amide bonds. The van der Waals surface area contributed by atoms with Crippen molar-refractivity contribution >= 4 is 38.2 Å². The van der Waals surface area contributed by atoms with E-state index >= 15 is 0 Å². The Hall–Kier alpha value is -3.06. The Morgan fingerprint density at radius 3 is 2.79 bits per heavy atom. The van der Waals surface area contributed by atoms with E-state index in [0.29, 0.717) is 25.9 Å². The van der Waals surface area contributed by atoms with Gasteiger partial charge < -0.3 is 0 Å².